The number of hydrogen-bond donors (Lipinski definition) is 0. The Hall–Kier alpha value is -1.76. The van der Waals surface area contributed by atoms with E-state index < -0.39 is 10.0 Å². The number of anilines is 1. The number of rotatable bonds is 6. The van der Waals surface area contributed by atoms with Crippen molar-refractivity contribution in [2.75, 3.05) is 37.7 Å². The van der Waals surface area contributed by atoms with Gasteiger partial charge in [0.2, 0.25) is 10.0 Å². The van der Waals surface area contributed by atoms with Crippen molar-refractivity contribution >= 4 is 27.3 Å². The third kappa shape index (κ3) is 4.39. The molecule has 1 saturated heterocycles. The standard InChI is InChI=1S/C20H25ClN2O3S/c1-3-16-5-7-17(8-6-16)22-11-13-23(14-12-22)27(24,25)18-9-10-19(21)20(15-18)26-4-2/h5-10,15H,3-4,11-14H2,1-2H3. The lowest BCUT2D eigenvalue weighted by atomic mass is 10.1. The number of hydrogen-bond acceptors (Lipinski definition) is 4. The second kappa shape index (κ2) is 8.50. The van der Waals surface area contributed by atoms with Gasteiger partial charge in [0.15, 0.2) is 0 Å². The Morgan fingerprint density at radius 2 is 1.67 bits per heavy atom. The molecule has 27 heavy (non-hydrogen) atoms. The van der Waals surface area contributed by atoms with Crippen molar-refractivity contribution in [1.82, 2.24) is 4.31 Å². The monoisotopic (exact) mass is 408 g/mol. The van der Waals surface area contributed by atoms with E-state index in [4.69, 9.17) is 16.3 Å². The quantitative estimate of drug-likeness (QED) is 0.729. The van der Waals surface area contributed by atoms with Gasteiger partial charge in [-0.3, -0.25) is 0 Å². The summed E-state index contributed by atoms with van der Waals surface area (Å²) in [7, 11) is -3.57. The zero-order valence-corrected chi connectivity index (χ0v) is 17.3. The maximum absolute atomic E-state index is 13.0. The molecule has 0 saturated carbocycles. The van der Waals surface area contributed by atoms with E-state index in [0.717, 1.165) is 12.1 Å². The van der Waals surface area contributed by atoms with E-state index in [1.165, 1.54) is 22.0 Å². The van der Waals surface area contributed by atoms with Crippen molar-refractivity contribution in [3.05, 3.63) is 53.1 Å². The molecule has 0 aliphatic carbocycles. The molecule has 1 heterocycles. The molecular weight excluding hydrogens is 384 g/mol. The summed E-state index contributed by atoms with van der Waals surface area (Å²) in [4.78, 5) is 2.44. The van der Waals surface area contributed by atoms with E-state index in [2.05, 4.69) is 36.1 Å². The van der Waals surface area contributed by atoms with Crippen LogP contribution in [0.25, 0.3) is 0 Å². The van der Waals surface area contributed by atoms with Crippen LogP contribution in [0.5, 0.6) is 5.75 Å². The molecule has 1 aliphatic rings. The second-order valence-corrected chi connectivity index (χ2v) is 8.78. The number of benzene rings is 2. The van der Waals surface area contributed by atoms with Crippen LogP contribution in [-0.4, -0.2) is 45.5 Å². The molecule has 0 aromatic heterocycles. The van der Waals surface area contributed by atoms with Gasteiger partial charge in [-0.15, -0.1) is 0 Å². The maximum atomic E-state index is 13.0. The number of aryl methyl sites for hydroxylation is 1. The van der Waals surface area contributed by atoms with Crippen LogP contribution in [0.3, 0.4) is 0 Å². The first-order valence-electron chi connectivity index (χ1n) is 9.22. The average Bonchev–Trinajstić information content (AvgIpc) is 2.70. The zero-order valence-electron chi connectivity index (χ0n) is 15.7. The minimum atomic E-state index is -3.57. The summed E-state index contributed by atoms with van der Waals surface area (Å²) in [5.74, 6) is 0.398. The number of halogens is 1. The topological polar surface area (TPSA) is 49.9 Å². The summed E-state index contributed by atoms with van der Waals surface area (Å²) in [5.41, 5.74) is 2.43. The summed E-state index contributed by atoms with van der Waals surface area (Å²) in [6, 6.07) is 13.1. The van der Waals surface area contributed by atoms with E-state index in [0.29, 0.717) is 43.6 Å². The average molecular weight is 409 g/mol. The normalized spacial score (nSPS) is 15.7. The molecule has 2 aromatic carbocycles. The molecule has 5 nitrogen and oxygen atoms in total. The van der Waals surface area contributed by atoms with Gasteiger partial charge in [0.05, 0.1) is 16.5 Å². The molecule has 0 radical (unpaired) electrons. The lowest BCUT2D eigenvalue weighted by Crippen LogP contribution is -2.48. The maximum Gasteiger partial charge on any atom is 0.243 e. The highest BCUT2D eigenvalue weighted by molar-refractivity contribution is 7.89. The molecule has 0 bridgehead atoms. The van der Waals surface area contributed by atoms with Crippen molar-refractivity contribution < 1.29 is 13.2 Å². The third-order valence-electron chi connectivity index (χ3n) is 4.79. The van der Waals surface area contributed by atoms with Crippen LogP contribution < -0.4 is 9.64 Å². The van der Waals surface area contributed by atoms with Crippen LogP contribution in [0, 0.1) is 0 Å². The zero-order chi connectivity index (χ0) is 19.4. The van der Waals surface area contributed by atoms with Gasteiger partial charge in [-0.2, -0.15) is 4.31 Å². The Morgan fingerprint density at radius 3 is 2.26 bits per heavy atom. The minimum Gasteiger partial charge on any atom is -0.492 e. The second-order valence-electron chi connectivity index (χ2n) is 6.44. The first kappa shape index (κ1) is 20.0. The smallest absolute Gasteiger partial charge is 0.243 e. The van der Waals surface area contributed by atoms with E-state index in [1.54, 1.807) is 6.07 Å². The summed E-state index contributed by atoms with van der Waals surface area (Å²) in [6.07, 6.45) is 1.01. The van der Waals surface area contributed by atoms with Gasteiger partial charge in [-0.25, -0.2) is 8.42 Å². The number of ether oxygens (including phenoxy) is 1. The van der Waals surface area contributed by atoms with Crippen LogP contribution >= 0.6 is 11.6 Å². The molecule has 0 spiro atoms. The van der Waals surface area contributed by atoms with Crippen LogP contribution in [0.1, 0.15) is 19.4 Å². The Morgan fingerprint density at radius 1 is 1.00 bits per heavy atom. The first-order valence-corrected chi connectivity index (χ1v) is 11.0. The molecule has 0 atom stereocenters. The van der Waals surface area contributed by atoms with Gasteiger partial charge < -0.3 is 9.64 Å². The lowest BCUT2D eigenvalue weighted by molar-refractivity contribution is 0.339. The summed E-state index contributed by atoms with van der Waals surface area (Å²) in [6.45, 7) is 6.62. The summed E-state index contributed by atoms with van der Waals surface area (Å²) >= 11 is 6.08. The largest absolute Gasteiger partial charge is 0.492 e. The molecule has 7 heteroatoms. The molecule has 0 N–H and O–H groups in total. The third-order valence-corrected chi connectivity index (χ3v) is 7.00. The van der Waals surface area contributed by atoms with Gasteiger partial charge in [0.1, 0.15) is 5.75 Å². The fourth-order valence-electron chi connectivity index (χ4n) is 3.19. The predicted octanol–water partition coefficient (Wildman–Crippen LogP) is 3.81. The van der Waals surface area contributed by atoms with Crippen molar-refractivity contribution in [2.45, 2.75) is 25.2 Å². The Balaban J connectivity index is 1.71. The molecule has 0 unspecified atom stereocenters. The van der Waals surface area contributed by atoms with Gasteiger partial charge in [0.25, 0.3) is 0 Å². The van der Waals surface area contributed by atoms with Crippen molar-refractivity contribution in [3.8, 4) is 5.75 Å². The molecule has 3 rings (SSSR count). The van der Waals surface area contributed by atoms with Crippen LogP contribution in [0.15, 0.2) is 47.4 Å². The predicted molar refractivity (Wildman–Crippen MR) is 109 cm³/mol. The molecule has 1 fully saturated rings. The molecule has 0 amide bonds. The summed E-state index contributed by atoms with van der Waals surface area (Å²) < 4.78 is 32.9. The van der Waals surface area contributed by atoms with Gasteiger partial charge in [-0.05, 0) is 43.2 Å². The molecular formula is C20H25ClN2O3S. The van der Waals surface area contributed by atoms with Crippen LogP contribution in [-0.2, 0) is 16.4 Å². The Bertz CT molecular complexity index is 877. The van der Waals surface area contributed by atoms with E-state index in [-0.39, 0.29) is 4.90 Å². The minimum absolute atomic E-state index is 0.219. The van der Waals surface area contributed by atoms with Gasteiger partial charge in [-0.1, -0.05) is 30.7 Å². The van der Waals surface area contributed by atoms with Crippen molar-refractivity contribution in [2.24, 2.45) is 0 Å². The molecule has 2 aromatic rings. The molecule has 146 valence electrons. The van der Waals surface area contributed by atoms with Crippen molar-refractivity contribution in [1.29, 1.82) is 0 Å². The van der Waals surface area contributed by atoms with Gasteiger partial charge >= 0.3 is 0 Å². The fraction of sp³-hybridized carbons (Fsp3) is 0.400. The Labute approximate surface area is 166 Å². The van der Waals surface area contributed by atoms with E-state index >= 15 is 0 Å². The highest BCUT2D eigenvalue weighted by atomic mass is 35.5. The fourth-order valence-corrected chi connectivity index (χ4v) is 4.80. The number of piperazine rings is 1. The molecule has 1 aliphatic heterocycles. The first-order chi connectivity index (χ1) is 13.0. The van der Waals surface area contributed by atoms with Gasteiger partial charge in [0, 0.05) is 37.9 Å². The summed E-state index contributed by atoms with van der Waals surface area (Å²) in [5, 5.41) is 0.413. The van der Waals surface area contributed by atoms with E-state index in [9.17, 15) is 8.42 Å². The Kier molecular flexibility index (Phi) is 6.29. The van der Waals surface area contributed by atoms with Crippen LogP contribution in [0.4, 0.5) is 5.69 Å². The highest BCUT2D eigenvalue weighted by Crippen LogP contribution is 2.29. The lowest BCUT2D eigenvalue weighted by Gasteiger charge is -2.35. The highest BCUT2D eigenvalue weighted by Gasteiger charge is 2.29. The van der Waals surface area contributed by atoms with Crippen molar-refractivity contribution in [3.63, 3.8) is 0 Å². The number of nitrogens with zero attached hydrogens (tertiary/aromatic N) is 2. The van der Waals surface area contributed by atoms with E-state index in [1.807, 2.05) is 6.92 Å². The SMILES string of the molecule is CCOc1cc(S(=O)(=O)N2CCN(c3ccc(CC)cc3)CC2)ccc1Cl. The number of sulfonamides is 1. The van der Waals surface area contributed by atoms with Crippen LogP contribution in [0.2, 0.25) is 5.02 Å².